The van der Waals surface area contributed by atoms with Gasteiger partial charge in [0.15, 0.2) is 6.61 Å². The Bertz CT molecular complexity index is 795. The Labute approximate surface area is 148 Å². The van der Waals surface area contributed by atoms with E-state index in [9.17, 15) is 9.59 Å². The normalized spacial score (nSPS) is 10.7. The lowest BCUT2D eigenvalue weighted by molar-refractivity contribution is -0.136. The second-order valence-corrected chi connectivity index (χ2v) is 5.88. The lowest BCUT2D eigenvalue weighted by Crippen LogP contribution is -2.15. The zero-order chi connectivity index (χ0) is 18.4. The lowest BCUT2D eigenvalue weighted by atomic mass is 9.97. The van der Waals surface area contributed by atoms with E-state index < -0.39 is 5.97 Å². The quantitative estimate of drug-likeness (QED) is 0.453. The Morgan fingerprint density at radius 2 is 1.68 bits per heavy atom. The van der Waals surface area contributed by atoms with E-state index in [1.54, 1.807) is 19.3 Å². The molecule has 0 atom stereocenters. The van der Waals surface area contributed by atoms with Crippen molar-refractivity contribution in [2.75, 3.05) is 13.7 Å². The number of hydrogen-bond donors (Lipinski definition) is 0. The Morgan fingerprint density at radius 1 is 1.04 bits per heavy atom. The van der Waals surface area contributed by atoms with Crippen LogP contribution in [0.15, 0.2) is 42.5 Å². The summed E-state index contributed by atoms with van der Waals surface area (Å²) < 4.78 is 10.3. The molecular weight excluding hydrogens is 316 g/mol. The molecule has 4 heteroatoms. The summed E-state index contributed by atoms with van der Waals surface area (Å²) in [5.41, 5.74) is 4.26. The Hall–Kier alpha value is -2.88. The van der Waals surface area contributed by atoms with Crippen molar-refractivity contribution < 1.29 is 19.1 Å². The summed E-state index contributed by atoms with van der Waals surface area (Å²) >= 11 is 0. The summed E-state index contributed by atoms with van der Waals surface area (Å²) in [6, 6.07) is 11.2. The van der Waals surface area contributed by atoms with Gasteiger partial charge in [0.2, 0.25) is 5.78 Å². The fraction of sp³-hybridized carbons (Fsp3) is 0.238. The van der Waals surface area contributed by atoms with E-state index in [0.717, 1.165) is 22.3 Å². The number of ether oxygens (including phenoxy) is 2. The van der Waals surface area contributed by atoms with Gasteiger partial charge in [-0.2, -0.15) is 0 Å². The second-order valence-electron chi connectivity index (χ2n) is 5.88. The van der Waals surface area contributed by atoms with Gasteiger partial charge in [0.1, 0.15) is 5.75 Å². The standard InChI is InChI=1S/C21H22O4/c1-14-11-15(2)21(16(3)12-14)18(22)13-25-20(23)10-9-17-7-5-6-8-19(17)24-4/h5-12H,13H2,1-4H3/b10-9+. The zero-order valence-electron chi connectivity index (χ0n) is 15.0. The molecule has 2 rings (SSSR count). The predicted octanol–water partition coefficient (Wildman–Crippen LogP) is 4.06. The van der Waals surface area contributed by atoms with Crippen molar-refractivity contribution in [1.82, 2.24) is 0 Å². The molecule has 25 heavy (non-hydrogen) atoms. The molecule has 0 aliphatic heterocycles. The van der Waals surface area contributed by atoms with Crippen molar-refractivity contribution in [3.8, 4) is 5.75 Å². The number of hydrogen-bond acceptors (Lipinski definition) is 4. The average molecular weight is 338 g/mol. The van der Waals surface area contributed by atoms with Gasteiger partial charge in [-0.1, -0.05) is 35.9 Å². The summed E-state index contributed by atoms with van der Waals surface area (Å²) in [5.74, 6) is -0.107. The molecule has 0 fully saturated rings. The number of para-hydroxylation sites is 1. The first kappa shape index (κ1) is 18.5. The number of esters is 1. The first-order valence-corrected chi connectivity index (χ1v) is 8.01. The van der Waals surface area contributed by atoms with Crippen LogP contribution in [0.4, 0.5) is 0 Å². The van der Waals surface area contributed by atoms with Gasteiger partial charge in [0.25, 0.3) is 0 Å². The molecule has 130 valence electrons. The minimum Gasteiger partial charge on any atom is -0.496 e. The van der Waals surface area contributed by atoms with Crippen LogP contribution in [0.3, 0.4) is 0 Å². The molecule has 0 unspecified atom stereocenters. The largest absolute Gasteiger partial charge is 0.496 e. The van der Waals surface area contributed by atoms with E-state index in [2.05, 4.69) is 0 Å². The fourth-order valence-corrected chi connectivity index (χ4v) is 2.84. The van der Waals surface area contributed by atoms with Crippen LogP contribution in [0.2, 0.25) is 0 Å². The molecule has 0 saturated heterocycles. The monoisotopic (exact) mass is 338 g/mol. The van der Waals surface area contributed by atoms with Crippen LogP contribution in [0, 0.1) is 20.8 Å². The topological polar surface area (TPSA) is 52.6 Å². The van der Waals surface area contributed by atoms with Gasteiger partial charge in [0.05, 0.1) is 7.11 Å². The molecule has 0 spiro atoms. The highest BCUT2D eigenvalue weighted by Crippen LogP contribution is 2.19. The number of benzene rings is 2. The zero-order valence-corrected chi connectivity index (χ0v) is 15.0. The summed E-state index contributed by atoms with van der Waals surface area (Å²) in [6.07, 6.45) is 2.90. The van der Waals surface area contributed by atoms with Crippen molar-refractivity contribution >= 4 is 17.8 Å². The van der Waals surface area contributed by atoms with Crippen LogP contribution in [-0.2, 0) is 9.53 Å². The van der Waals surface area contributed by atoms with Crippen LogP contribution in [-0.4, -0.2) is 25.5 Å². The third-order valence-electron chi connectivity index (χ3n) is 3.84. The number of Topliss-reactive ketones (excluding diaryl/α,β-unsaturated/α-hetero) is 1. The fourth-order valence-electron chi connectivity index (χ4n) is 2.84. The van der Waals surface area contributed by atoms with E-state index in [1.807, 2.05) is 51.1 Å². The SMILES string of the molecule is COc1ccccc1/C=C/C(=O)OCC(=O)c1c(C)cc(C)cc1C. The van der Waals surface area contributed by atoms with E-state index in [1.165, 1.54) is 6.08 Å². The van der Waals surface area contributed by atoms with Gasteiger partial charge >= 0.3 is 5.97 Å². The molecule has 0 N–H and O–H groups in total. The van der Waals surface area contributed by atoms with E-state index >= 15 is 0 Å². The summed E-state index contributed by atoms with van der Waals surface area (Å²) in [7, 11) is 1.57. The van der Waals surface area contributed by atoms with Crippen molar-refractivity contribution in [3.05, 3.63) is 70.3 Å². The van der Waals surface area contributed by atoms with Gasteiger partial charge in [-0.05, 0) is 44.0 Å². The second kappa shape index (κ2) is 8.29. The highest BCUT2D eigenvalue weighted by molar-refractivity contribution is 6.01. The molecule has 0 aromatic heterocycles. The number of rotatable bonds is 6. The third kappa shape index (κ3) is 4.80. The van der Waals surface area contributed by atoms with Crippen LogP contribution >= 0.6 is 0 Å². The van der Waals surface area contributed by atoms with Crippen LogP contribution in [0.1, 0.15) is 32.6 Å². The third-order valence-corrected chi connectivity index (χ3v) is 3.84. The number of methoxy groups -OCH3 is 1. The molecule has 2 aromatic carbocycles. The van der Waals surface area contributed by atoms with Crippen LogP contribution < -0.4 is 4.74 Å². The minimum atomic E-state index is -0.568. The van der Waals surface area contributed by atoms with Gasteiger partial charge in [-0.25, -0.2) is 4.79 Å². The highest BCUT2D eigenvalue weighted by atomic mass is 16.5. The Kier molecular flexibility index (Phi) is 6.12. The van der Waals surface area contributed by atoms with E-state index in [0.29, 0.717) is 11.3 Å². The molecule has 4 nitrogen and oxygen atoms in total. The molecule has 0 bridgehead atoms. The first-order valence-electron chi connectivity index (χ1n) is 8.01. The van der Waals surface area contributed by atoms with Crippen LogP contribution in [0.5, 0.6) is 5.75 Å². The number of carbonyl (C=O) groups is 2. The Balaban J connectivity index is 2.00. The average Bonchev–Trinajstić information content (AvgIpc) is 2.57. The molecule has 2 aromatic rings. The number of aryl methyl sites for hydroxylation is 3. The molecular formula is C21H22O4. The number of ketones is 1. The van der Waals surface area contributed by atoms with Crippen molar-refractivity contribution in [1.29, 1.82) is 0 Å². The smallest absolute Gasteiger partial charge is 0.331 e. The lowest BCUT2D eigenvalue weighted by Gasteiger charge is -2.10. The van der Waals surface area contributed by atoms with Crippen molar-refractivity contribution in [2.45, 2.75) is 20.8 Å². The maximum absolute atomic E-state index is 12.4. The predicted molar refractivity (Wildman–Crippen MR) is 98.0 cm³/mol. The summed E-state index contributed by atoms with van der Waals surface area (Å²) in [6.45, 7) is 5.48. The maximum atomic E-state index is 12.4. The molecule has 0 aliphatic carbocycles. The highest BCUT2D eigenvalue weighted by Gasteiger charge is 2.14. The van der Waals surface area contributed by atoms with Gasteiger partial charge in [0, 0.05) is 17.2 Å². The molecule has 0 aliphatic rings. The summed E-state index contributed by atoms with van der Waals surface area (Å²) in [4.78, 5) is 24.2. The minimum absolute atomic E-state index is 0.200. The Morgan fingerprint density at radius 3 is 2.32 bits per heavy atom. The van der Waals surface area contributed by atoms with E-state index in [4.69, 9.17) is 9.47 Å². The number of carbonyl (C=O) groups excluding carboxylic acids is 2. The molecule has 0 amide bonds. The molecule has 0 saturated carbocycles. The first-order chi connectivity index (χ1) is 11.9. The maximum Gasteiger partial charge on any atom is 0.331 e. The molecule has 0 heterocycles. The van der Waals surface area contributed by atoms with Gasteiger partial charge < -0.3 is 9.47 Å². The summed E-state index contributed by atoms with van der Waals surface area (Å²) in [5, 5.41) is 0. The van der Waals surface area contributed by atoms with Crippen LogP contribution in [0.25, 0.3) is 6.08 Å². The van der Waals surface area contributed by atoms with E-state index in [-0.39, 0.29) is 12.4 Å². The molecule has 0 radical (unpaired) electrons. The van der Waals surface area contributed by atoms with Gasteiger partial charge in [-0.15, -0.1) is 0 Å². The van der Waals surface area contributed by atoms with Crippen molar-refractivity contribution in [2.24, 2.45) is 0 Å². The van der Waals surface area contributed by atoms with Crippen molar-refractivity contribution in [3.63, 3.8) is 0 Å². The van der Waals surface area contributed by atoms with Gasteiger partial charge in [-0.3, -0.25) is 4.79 Å².